The van der Waals surface area contributed by atoms with Gasteiger partial charge >= 0.3 is 6.09 Å². The molecule has 3 amide bonds. The lowest BCUT2D eigenvalue weighted by atomic mass is 10.1. The topological polar surface area (TPSA) is 110 Å². The fourth-order valence-corrected chi connectivity index (χ4v) is 6.09. The van der Waals surface area contributed by atoms with Gasteiger partial charge in [-0.1, -0.05) is 66.7 Å². The molecule has 1 N–H and O–H groups in total. The number of hydrogen-bond donors (Lipinski definition) is 1. The number of alkyl carbamates (subject to hydrolysis) is 1. The summed E-state index contributed by atoms with van der Waals surface area (Å²) in [4.78, 5) is 47.8. The van der Waals surface area contributed by atoms with Gasteiger partial charge in [0.05, 0.1) is 18.8 Å². The van der Waals surface area contributed by atoms with E-state index in [1.807, 2.05) is 72.9 Å². The first-order chi connectivity index (χ1) is 23.4. The predicted octanol–water partition coefficient (Wildman–Crippen LogP) is 5.47. The Balaban J connectivity index is 1.16. The summed E-state index contributed by atoms with van der Waals surface area (Å²) >= 11 is 0. The van der Waals surface area contributed by atoms with E-state index in [0.717, 1.165) is 22.3 Å². The van der Waals surface area contributed by atoms with Crippen molar-refractivity contribution in [2.45, 2.75) is 50.7 Å². The quantitative estimate of drug-likeness (QED) is 0.283. The van der Waals surface area contributed by atoms with Gasteiger partial charge in [0, 0.05) is 38.1 Å². The normalized spacial score (nSPS) is 20.0. The van der Waals surface area contributed by atoms with E-state index < -0.39 is 12.1 Å². The minimum Gasteiger partial charge on any atom is -0.491 e. The smallest absolute Gasteiger partial charge is 0.408 e. The molecule has 3 aromatic carbocycles. The van der Waals surface area contributed by atoms with Crippen molar-refractivity contribution in [2.24, 2.45) is 0 Å². The third-order valence-corrected chi connectivity index (χ3v) is 8.75. The highest BCUT2D eigenvalue weighted by molar-refractivity contribution is 5.94. The van der Waals surface area contributed by atoms with E-state index in [9.17, 15) is 14.4 Å². The second-order valence-corrected chi connectivity index (χ2v) is 12.2. The number of rotatable bonds is 7. The maximum Gasteiger partial charge on any atom is 0.408 e. The van der Waals surface area contributed by atoms with E-state index in [0.29, 0.717) is 50.3 Å². The van der Waals surface area contributed by atoms with Gasteiger partial charge in [-0.2, -0.15) is 0 Å². The Morgan fingerprint density at radius 2 is 1.71 bits per heavy atom. The Morgan fingerprint density at radius 1 is 0.917 bits per heavy atom. The summed E-state index contributed by atoms with van der Waals surface area (Å²) in [6, 6.07) is 27.4. The van der Waals surface area contributed by atoms with Crippen LogP contribution in [0.4, 0.5) is 4.79 Å². The van der Waals surface area contributed by atoms with Gasteiger partial charge < -0.3 is 29.3 Å². The fraction of sp³-hybridized carbons (Fsp3) is 0.316. The third-order valence-electron chi connectivity index (χ3n) is 8.75. The molecule has 0 spiro atoms. The number of amides is 3. The molecule has 4 aromatic rings. The van der Waals surface area contributed by atoms with Crippen molar-refractivity contribution in [2.75, 3.05) is 26.7 Å². The number of nitrogens with zero attached hydrogens (tertiary/aromatic N) is 3. The lowest BCUT2D eigenvalue weighted by molar-refractivity contribution is -0.135. The summed E-state index contributed by atoms with van der Waals surface area (Å²) < 4.78 is 18.0. The van der Waals surface area contributed by atoms with E-state index in [1.165, 1.54) is 0 Å². The summed E-state index contributed by atoms with van der Waals surface area (Å²) in [5, 5.41) is 2.81. The Bertz CT molecular complexity index is 1680. The summed E-state index contributed by atoms with van der Waals surface area (Å²) in [6.07, 6.45) is 4.07. The van der Waals surface area contributed by atoms with Gasteiger partial charge in [0.15, 0.2) is 0 Å². The monoisotopic (exact) mass is 648 g/mol. The van der Waals surface area contributed by atoms with Crippen LogP contribution < -0.4 is 10.1 Å². The first kappa shape index (κ1) is 32.7. The minimum atomic E-state index is -0.848. The highest BCUT2D eigenvalue weighted by Gasteiger charge is 2.39. The van der Waals surface area contributed by atoms with Crippen LogP contribution >= 0.6 is 0 Å². The molecule has 3 atom stereocenters. The van der Waals surface area contributed by atoms with Gasteiger partial charge in [-0.05, 0) is 65.8 Å². The molecule has 2 bridgehead atoms. The van der Waals surface area contributed by atoms with Gasteiger partial charge in [0.1, 0.15) is 25.0 Å². The molecule has 0 aliphatic carbocycles. The van der Waals surface area contributed by atoms with Crippen LogP contribution in [0.1, 0.15) is 40.7 Å². The molecule has 1 saturated heterocycles. The maximum absolute atomic E-state index is 14.2. The maximum atomic E-state index is 14.2. The van der Waals surface area contributed by atoms with Crippen LogP contribution in [0.5, 0.6) is 5.75 Å². The number of pyridine rings is 1. The molecule has 0 saturated carbocycles. The molecular formula is C38H40N4O6. The highest BCUT2D eigenvalue weighted by atomic mass is 16.5. The Labute approximate surface area is 280 Å². The molecule has 10 heteroatoms. The average molecular weight is 649 g/mol. The zero-order valence-electron chi connectivity index (χ0n) is 27.0. The zero-order chi connectivity index (χ0) is 33.3. The van der Waals surface area contributed by atoms with Crippen LogP contribution in [-0.2, 0) is 27.5 Å². The predicted molar refractivity (Wildman–Crippen MR) is 180 cm³/mol. The van der Waals surface area contributed by atoms with Gasteiger partial charge in [-0.15, -0.1) is 0 Å². The molecular weight excluding hydrogens is 608 g/mol. The average Bonchev–Trinajstić information content (AvgIpc) is 3.55. The lowest BCUT2D eigenvalue weighted by Crippen LogP contribution is -2.51. The molecule has 248 valence electrons. The number of benzene rings is 3. The van der Waals surface area contributed by atoms with Crippen molar-refractivity contribution < 1.29 is 28.6 Å². The van der Waals surface area contributed by atoms with Crippen molar-refractivity contribution in [1.82, 2.24) is 20.1 Å². The minimum absolute atomic E-state index is 0.0852. The van der Waals surface area contributed by atoms with E-state index in [1.54, 1.807) is 47.3 Å². The van der Waals surface area contributed by atoms with Crippen LogP contribution in [0.2, 0.25) is 0 Å². The highest BCUT2D eigenvalue weighted by Crippen LogP contribution is 2.26. The van der Waals surface area contributed by atoms with Crippen LogP contribution in [0.25, 0.3) is 11.1 Å². The van der Waals surface area contributed by atoms with Crippen molar-refractivity contribution in [1.29, 1.82) is 0 Å². The van der Waals surface area contributed by atoms with Gasteiger partial charge in [-0.25, -0.2) is 4.79 Å². The van der Waals surface area contributed by atoms with Crippen molar-refractivity contribution in [3.05, 3.63) is 120 Å². The number of carbonyl (C=O) groups excluding carboxylic acids is 3. The third kappa shape index (κ3) is 8.38. The standard InChI is InChI=1S/C38H40N4O6/c1-41-19-7-13-35(40-38(45)48-25-27-8-3-2-4-9-27)37(44)42-23-34(21-32(42)26-47-33-12-5-10-30(20-33)36(41)43)46-24-28-14-16-29(17-15-28)31-11-6-18-39-22-31/h2-6,8-12,14-18,20,22,32,34-35H,7,13,19,21,23-26H2,1H3,(H,40,45)/t32-,34-,35-/m0/s1. The molecule has 10 nitrogen and oxygen atoms in total. The van der Waals surface area contributed by atoms with Gasteiger partial charge in [0.2, 0.25) is 5.91 Å². The van der Waals surface area contributed by atoms with E-state index in [-0.39, 0.29) is 37.2 Å². The van der Waals surface area contributed by atoms with Gasteiger partial charge in [0.25, 0.3) is 5.91 Å². The number of carbonyl (C=O) groups is 3. The second kappa shape index (κ2) is 15.6. The first-order valence-corrected chi connectivity index (χ1v) is 16.3. The molecule has 3 heterocycles. The fourth-order valence-electron chi connectivity index (χ4n) is 6.09. The van der Waals surface area contributed by atoms with E-state index in [4.69, 9.17) is 14.2 Å². The summed E-state index contributed by atoms with van der Waals surface area (Å²) in [5.74, 6) is 0.183. The number of hydrogen-bond acceptors (Lipinski definition) is 7. The number of nitrogens with one attached hydrogen (secondary N) is 1. The molecule has 0 unspecified atom stereocenters. The van der Waals surface area contributed by atoms with Crippen molar-refractivity contribution >= 4 is 17.9 Å². The number of fused-ring (bicyclic) bond motifs is 3. The molecule has 2 aliphatic heterocycles. The van der Waals surface area contributed by atoms with Gasteiger partial charge in [-0.3, -0.25) is 14.6 Å². The molecule has 2 aliphatic rings. The number of ether oxygens (including phenoxy) is 3. The summed E-state index contributed by atoms with van der Waals surface area (Å²) in [7, 11) is 1.73. The summed E-state index contributed by atoms with van der Waals surface area (Å²) in [5.41, 5.74) is 4.51. The lowest BCUT2D eigenvalue weighted by Gasteiger charge is -2.30. The SMILES string of the molecule is CN1CCC[C@H](NC(=O)OCc2ccccc2)C(=O)N2C[C@@H](OCc3ccc(-c4cccnc4)cc3)C[C@H]2COc2cccc(c2)C1=O. The van der Waals surface area contributed by atoms with E-state index in [2.05, 4.69) is 10.3 Å². The van der Waals surface area contributed by atoms with Crippen molar-refractivity contribution in [3.63, 3.8) is 0 Å². The largest absolute Gasteiger partial charge is 0.491 e. The van der Waals surface area contributed by atoms with Crippen LogP contribution in [0.15, 0.2) is 103 Å². The van der Waals surface area contributed by atoms with Crippen LogP contribution in [-0.4, -0.2) is 77.6 Å². The van der Waals surface area contributed by atoms with Crippen molar-refractivity contribution in [3.8, 4) is 16.9 Å². The van der Waals surface area contributed by atoms with E-state index >= 15 is 0 Å². The van der Waals surface area contributed by atoms with Crippen LogP contribution in [0.3, 0.4) is 0 Å². The van der Waals surface area contributed by atoms with Crippen LogP contribution in [0, 0.1) is 0 Å². The zero-order valence-corrected chi connectivity index (χ0v) is 27.0. The molecule has 6 rings (SSSR count). The Kier molecular flexibility index (Phi) is 10.6. The summed E-state index contributed by atoms with van der Waals surface area (Å²) in [6.45, 7) is 1.45. The number of aromatic nitrogens is 1. The molecule has 1 fully saturated rings. The molecule has 48 heavy (non-hydrogen) atoms. The second-order valence-electron chi connectivity index (χ2n) is 12.2. The molecule has 0 radical (unpaired) electrons. The molecule has 1 aromatic heterocycles. The Hall–Kier alpha value is -5.22. The Morgan fingerprint density at radius 3 is 2.50 bits per heavy atom. The first-order valence-electron chi connectivity index (χ1n) is 16.3.